The Morgan fingerprint density at radius 1 is 1.22 bits per heavy atom. The van der Waals surface area contributed by atoms with Crippen LogP contribution in [0.2, 0.25) is 0 Å². The fourth-order valence-electron chi connectivity index (χ4n) is 1.75. The van der Waals surface area contributed by atoms with Crippen LogP contribution in [-0.4, -0.2) is 10.5 Å². The van der Waals surface area contributed by atoms with E-state index in [0.29, 0.717) is 12.2 Å². The molecule has 0 atom stereocenters. The molecule has 0 bridgehead atoms. The number of carbonyl (C=O) groups excluding carboxylic acids is 1. The maximum absolute atomic E-state index is 12.0. The Bertz CT molecular complexity index is 555. The molecule has 0 radical (unpaired) electrons. The number of carbonyl (C=O) groups is 1. The van der Waals surface area contributed by atoms with Crippen molar-refractivity contribution in [3.63, 3.8) is 0 Å². The topological polar surface area (TPSA) is 60.1 Å². The lowest BCUT2D eigenvalue weighted by Gasteiger charge is -2.07. The molecule has 94 valence electrons. The SMILES string of the molecule is Cc1ccc(C(=O)NCc2ccc(N)cc2)n1C. The van der Waals surface area contributed by atoms with Crippen molar-refractivity contribution in [2.24, 2.45) is 7.05 Å². The first-order valence-electron chi connectivity index (χ1n) is 5.83. The minimum atomic E-state index is -0.0672. The predicted molar refractivity (Wildman–Crippen MR) is 72.2 cm³/mol. The normalized spacial score (nSPS) is 10.3. The van der Waals surface area contributed by atoms with Gasteiger partial charge in [0.1, 0.15) is 5.69 Å². The zero-order valence-corrected chi connectivity index (χ0v) is 10.6. The second-order valence-electron chi connectivity index (χ2n) is 4.34. The summed E-state index contributed by atoms with van der Waals surface area (Å²) in [4.78, 5) is 12.0. The number of amides is 1. The van der Waals surface area contributed by atoms with Crippen molar-refractivity contribution in [1.82, 2.24) is 9.88 Å². The molecule has 18 heavy (non-hydrogen) atoms. The predicted octanol–water partition coefficient (Wildman–Crippen LogP) is 1.85. The number of nitrogens with two attached hydrogens (primary N) is 1. The number of benzene rings is 1. The Morgan fingerprint density at radius 2 is 1.89 bits per heavy atom. The van der Waals surface area contributed by atoms with Gasteiger partial charge in [0.2, 0.25) is 0 Å². The summed E-state index contributed by atoms with van der Waals surface area (Å²) < 4.78 is 1.87. The van der Waals surface area contributed by atoms with Gasteiger partial charge < -0.3 is 15.6 Å². The Morgan fingerprint density at radius 3 is 2.44 bits per heavy atom. The highest BCUT2D eigenvalue weighted by Crippen LogP contribution is 2.07. The van der Waals surface area contributed by atoms with Crippen LogP contribution in [0.3, 0.4) is 0 Å². The lowest BCUT2D eigenvalue weighted by atomic mass is 10.2. The second kappa shape index (κ2) is 4.96. The molecule has 1 aromatic carbocycles. The highest BCUT2D eigenvalue weighted by molar-refractivity contribution is 5.92. The van der Waals surface area contributed by atoms with E-state index in [1.54, 1.807) is 0 Å². The summed E-state index contributed by atoms with van der Waals surface area (Å²) in [6.07, 6.45) is 0. The molecule has 0 unspecified atom stereocenters. The number of rotatable bonds is 3. The first kappa shape index (κ1) is 12.2. The van der Waals surface area contributed by atoms with Gasteiger partial charge in [0.15, 0.2) is 0 Å². The fourth-order valence-corrected chi connectivity index (χ4v) is 1.75. The summed E-state index contributed by atoms with van der Waals surface area (Å²) in [6.45, 7) is 2.47. The van der Waals surface area contributed by atoms with Crippen LogP contribution in [0, 0.1) is 6.92 Å². The monoisotopic (exact) mass is 243 g/mol. The summed E-state index contributed by atoms with van der Waals surface area (Å²) in [6, 6.07) is 11.2. The molecule has 4 heteroatoms. The summed E-state index contributed by atoms with van der Waals surface area (Å²) in [5, 5.41) is 2.89. The van der Waals surface area contributed by atoms with Gasteiger partial charge in [0.25, 0.3) is 5.91 Å². The molecule has 2 aromatic rings. The molecular weight excluding hydrogens is 226 g/mol. The highest BCUT2D eigenvalue weighted by atomic mass is 16.1. The number of nitrogens with one attached hydrogen (secondary N) is 1. The number of aromatic nitrogens is 1. The maximum atomic E-state index is 12.0. The Labute approximate surface area is 106 Å². The van der Waals surface area contributed by atoms with Gasteiger partial charge in [-0.05, 0) is 36.8 Å². The van der Waals surface area contributed by atoms with Crippen LogP contribution in [0.5, 0.6) is 0 Å². The zero-order valence-electron chi connectivity index (χ0n) is 10.6. The van der Waals surface area contributed by atoms with Crippen LogP contribution in [0.1, 0.15) is 21.7 Å². The molecular formula is C14H17N3O. The molecule has 4 nitrogen and oxygen atoms in total. The standard InChI is InChI=1S/C14H17N3O/c1-10-3-8-13(17(10)2)14(18)16-9-11-4-6-12(15)7-5-11/h3-8H,9,15H2,1-2H3,(H,16,18). The molecule has 1 aromatic heterocycles. The summed E-state index contributed by atoms with van der Waals surface area (Å²) in [5.41, 5.74) is 9.09. The van der Waals surface area contributed by atoms with E-state index in [2.05, 4.69) is 5.32 Å². The van der Waals surface area contributed by atoms with Gasteiger partial charge in [-0.3, -0.25) is 4.79 Å². The van der Waals surface area contributed by atoms with Gasteiger partial charge in [0, 0.05) is 25.0 Å². The Kier molecular flexibility index (Phi) is 3.37. The number of nitrogen functional groups attached to an aromatic ring is 1. The van der Waals surface area contributed by atoms with Crippen molar-refractivity contribution in [1.29, 1.82) is 0 Å². The third-order valence-corrected chi connectivity index (χ3v) is 3.04. The smallest absolute Gasteiger partial charge is 0.268 e. The molecule has 0 saturated carbocycles. The van der Waals surface area contributed by atoms with E-state index in [0.717, 1.165) is 16.9 Å². The van der Waals surface area contributed by atoms with Crippen LogP contribution in [-0.2, 0) is 13.6 Å². The number of anilines is 1. The van der Waals surface area contributed by atoms with Crippen LogP contribution in [0.15, 0.2) is 36.4 Å². The molecule has 1 amide bonds. The summed E-state index contributed by atoms with van der Waals surface area (Å²) >= 11 is 0. The third kappa shape index (κ3) is 2.53. The average Bonchev–Trinajstić information content (AvgIpc) is 2.69. The quantitative estimate of drug-likeness (QED) is 0.808. The lowest BCUT2D eigenvalue weighted by Crippen LogP contribution is -2.25. The van der Waals surface area contributed by atoms with E-state index in [1.807, 2.05) is 54.9 Å². The average molecular weight is 243 g/mol. The van der Waals surface area contributed by atoms with Gasteiger partial charge in [-0.1, -0.05) is 12.1 Å². The molecule has 3 N–H and O–H groups in total. The van der Waals surface area contributed by atoms with E-state index in [1.165, 1.54) is 0 Å². The molecule has 0 aliphatic rings. The molecule has 0 aliphatic heterocycles. The molecule has 1 heterocycles. The summed E-state index contributed by atoms with van der Waals surface area (Å²) in [7, 11) is 1.88. The first-order chi connectivity index (χ1) is 8.58. The number of aryl methyl sites for hydroxylation is 1. The van der Waals surface area contributed by atoms with Gasteiger partial charge in [-0.25, -0.2) is 0 Å². The molecule has 2 rings (SSSR count). The van der Waals surface area contributed by atoms with Crippen molar-refractivity contribution >= 4 is 11.6 Å². The van der Waals surface area contributed by atoms with Crippen LogP contribution in [0.25, 0.3) is 0 Å². The fraction of sp³-hybridized carbons (Fsp3) is 0.214. The molecule has 0 fully saturated rings. The van der Waals surface area contributed by atoms with Crippen molar-refractivity contribution < 1.29 is 4.79 Å². The van der Waals surface area contributed by atoms with Crippen LogP contribution >= 0.6 is 0 Å². The summed E-state index contributed by atoms with van der Waals surface area (Å²) in [5.74, 6) is -0.0672. The molecule has 0 spiro atoms. The number of hydrogen-bond acceptors (Lipinski definition) is 2. The van der Waals surface area contributed by atoms with Crippen molar-refractivity contribution in [2.75, 3.05) is 5.73 Å². The van der Waals surface area contributed by atoms with Crippen molar-refractivity contribution in [3.8, 4) is 0 Å². The zero-order chi connectivity index (χ0) is 13.1. The minimum Gasteiger partial charge on any atom is -0.399 e. The van der Waals surface area contributed by atoms with Gasteiger partial charge in [0.05, 0.1) is 0 Å². The van der Waals surface area contributed by atoms with Gasteiger partial charge >= 0.3 is 0 Å². The largest absolute Gasteiger partial charge is 0.399 e. The third-order valence-electron chi connectivity index (χ3n) is 3.04. The van der Waals surface area contributed by atoms with Gasteiger partial charge in [-0.15, -0.1) is 0 Å². The molecule has 0 aliphatic carbocycles. The van der Waals surface area contributed by atoms with Gasteiger partial charge in [-0.2, -0.15) is 0 Å². The van der Waals surface area contributed by atoms with Crippen molar-refractivity contribution in [3.05, 3.63) is 53.3 Å². The van der Waals surface area contributed by atoms with Crippen LogP contribution in [0.4, 0.5) is 5.69 Å². The first-order valence-corrected chi connectivity index (χ1v) is 5.83. The second-order valence-corrected chi connectivity index (χ2v) is 4.34. The van der Waals surface area contributed by atoms with Crippen molar-refractivity contribution in [2.45, 2.75) is 13.5 Å². The molecule has 0 saturated heterocycles. The number of hydrogen-bond donors (Lipinski definition) is 2. The number of nitrogens with zero attached hydrogens (tertiary/aromatic N) is 1. The van der Waals surface area contributed by atoms with Crippen LogP contribution < -0.4 is 11.1 Å². The maximum Gasteiger partial charge on any atom is 0.268 e. The highest BCUT2D eigenvalue weighted by Gasteiger charge is 2.09. The van der Waals surface area contributed by atoms with E-state index >= 15 is 0 Å². The Balaban J connectivity index is 2.00. The Hall–Kier alpha value is -2.23. The van der Waals surface area contributed by atoms with E-state index in [4.69, 9.17) is 5.73 Å². The van der Waals surface area contributed by atoms with E-state index < -0.39 is 0 Å². The van der Waals surface area contributed by atoms with E-state index in [-0.39, 0.29) is 5.91 Å². The lowest BCUT2D eigenvalue weighted by molar-refractivity contribution is 0.0942. The van der Waals surface area contributed by atoms with E-state index in [9.17, 15) is 4.79 Å². The minimum absolute atomic E-state index is 0.0672.